The number of carbonyl (C=O) groups excluding carboxylic acids is 1. The van der Waals surface area contributed by atoms with Crippen LogP contribution in [0, 0.1) is 11.3 Å². The average molecular weight is 399 g/mol. The minimum atomic E-state index is -4.59. The minimum absolute atomic E-state index is 0.245. The van der Waals surface area contributed by atoms with Crippen molar-refractivity contribution in [3.8, 4) is 17.3 Å². The van der Waals surface area contributed by atoms with Crippen molar-refractivity contribution in [2.24, 2.45) is 0 Å². The van der Waals surface area contributed by atoms with Crippen LogP contribution < -0.4 is 5.32 Å². The van der Waals surface area contributed by atoms with Crippen LogP contribution in [0.5, 0.6) is 0 Å². The molecule has 3 aromatic rings. The monoisotopic (exact) mass is 399 g/mol. The van der Waals surface area contributed by atoms with Crippen LogP contribution in [0.25, 0.3) is 17.3 Å². The van der Waals surface area contributed by atoms with Crippen LogP contribution in [-0.4, -0.2) is 10.9 Å². The third-order valence-corrected chi connectivity index (χ3v) is 4.48. The lowest BCUT2D eigenvalue weighted by Crippen LogP contribution is -2.14. The van der Waals surface area contributed by atoms with E-state index in [1.807, 2.05) is 30.3 Å². The summed E-state index contributed by atoms with van der Waals surface area (Å²) >= 11 is 1.15. The highest BCUT2D eigenvalue weighted by atomic mass is 32.1. The van der Waals surface area contributed by atoms with Crippen molar-refractivity contribution in [3.63, 3.8) is 0 Å². The predicted molar refractivity (Wildman–Crippen MR) is 101 cm³/mol. The maximum atomic E-state index is 13.1. The molecule has 0 saturated heterocycles. The van der Waals surface area contributed by atoms with Crippen LogP contribution in [0.15, 0.2) is 65.6 Å². The lowest BCUT2D eigenvalue weighted by molar-refractivity contribution is -0.137. The van der Waals surface area contributed by atoms with E-state index in [4.69, 9.17) is 0 Å². The van der Waals surface area contributed by atoms with Crippen molar-refractivity contribution in [1.82, 2.24) is 4.98 Å². The smallest absolute Gasteiger partial charge is 0.297 e. The second-order valence-corrected chi connectivity index (χ2v) is 6.47. The van der Waals surface area contributed by atoms with Gasteiger partial charge in [-0.3, -0.25) is 10.1 Å². The highest BCUT2D eigenvalue weighted by Crippen LogP contribution is 2.33. The van der Waals surface area contributed by atoms with E-state index in [0.717, 1.165) is 29.0 Å². The van der Waals surface area contributed by atoms with Gasteiger partial charge in [0.1, 0.15) is 11.6 Å². The van der Waals surface area contributed by atoms with E-state index in [9.17, 15) is 23.2 Å². The predicted octanol–water partition coefficient (Wildman–Crippen LogP) is 5.37. The molecule has 0 aliphatic carbocycles. The normalized spacial score (nSPS) is 11.7. The first kappa shape index (κ1) is 19.3. The summed E-state index contributed by atoms with van der Waals surface area (Å²) < 4.78 is 39.3. The molecule has 28 heavy (non-hydrogen) atoms. The van der Waals surface area contributed by atoms with Crippen molar-refractivity contribution >= 4 is 28.5 Å². The quantitative estimate of drug-likeness (QED) is 0.473. The molecule has 0 radical (unpaired) electrons. The van der Waals surface area contributed by atoms with E-state index in [1.54, 1.807) is 11.4 Å². The summed E-state index contributed by atoms with van der Waals surface area (Å²) in [6.07, 6.45) is -3.67. The number of nitrogens with one attached hydrogen (secondary N) is 1. The largest absolute Gasteiger partial charge is 0.416 e. The van der Waals surface area contributed by atoms with Crippen LogP contribution in [0.4, 0.5) is 18.3 Å². The highest BCUT2D eigenvalue weighted by Gasteiger charge is 2.32. The number of hydrogen-bond acceptors (Lipinski definition) is 4. The third kappa shape index (κ3) is 4.45. The fourth-order valence-electron chi connectivity index (χ4n) is 2.42. The zero-order chi connectivity index (χ0) is 20.1. The summed E-state index contributed by atoms with van der Waals surface area (Å²) in [7, 11) is 0. The summed E-state index contributed by atoms with van der Waals surface area (Å²) in [5, 5.41) is 13.7. The Bertz CT molecular complexity index is 1070. The van der Waals surface area contributed by atoms with E-state index in [-0.39, 0.29) is 10.7 Å². The van der Waals surface area contributed by atoms with Gasteiger partial charge in [0.2, 0.25) is 0 Å². The number of carbonyl (C=O) groups is 1. The second-order valence-electron chi connectivity index (χ2n) is 5.61. The number of thiazole rings is 1. The summed E-state index contributed by atoms with van der Waals surface area (Å²) in [5.74, 6) is -0.826. The molecule has 3 rings (SSSR count). The van der Waals surface area contributed by atoms with Gasteiger partial charge in [0.05, 0.1) is 11.3 Å². The summed E-state index contributed by atoms with van der Waals surface area (Å²) in [6, 6.07) is 15.7. The van der Waals surface area contributed by atoms with Gasteiger partial charge in [0.15, 0.2) is 5.13 Å². The molecule has 0 unspecified atom stereocenters. The summed E-state index contributed by atoms with van der Waals surface area (Å²) in [4.78, 5) is 16.6. The van der Waals surface area contributed by atoms with E-state index in [0.29, 0.717) is 5.69 Å². The molecule has 8 heteroatoms. The van der Waals surface area contributed by atoms with E-state index in [2.05, 4.69) is 10.3 Å². The Hall–Kier alpha value is -3.44. The number of hydrogen-bond donors (Lipinski definition) is 1. The maximum absolute atomic E-state index is 13.1. The molecular weight excluding hydrogens is 387 g/mol. The molecule has 140 valence electrons. The standard InChI is InChI=1S/C20H12F3N3OS/c21-20(22,23)16-9-5-4-8-14(16)10-15(11-24)18(27)26-19-25-17(12-28-19)13-6-2-1-3-7-13/h1-10,12H,(H,25,26,27). The lowest BCUT2D eigenvalue weighted by Gasteiger charge is -2.10. The number of nitrogens with zero attached hydrogens (tertiary/aromatic N) is 2. The first-order valence-electron chi connectivity index (χ1n) is 7.99. The van der Waals surface area contributed by atoms with Crippen molar-refractivity contribution < 1.29 is 18.0 Å². The van der Waals surface area contributed by atoms with Crippen LogP contribution in [-0.2, 0) is 11.0 Å². The Morgan fingerprint density at radius 2 is 1.79 bits per heavy atom. The minimum Gasteiger partial charge on any atom is -0.297 e. The Morgan fingerprint density at radius 1 is 1.11 bits per heavy atom. The zero-order valence-electron chi connectivity index (χ0n) is 14.2. The van der Waals surface area contributed by atoms with Crippen molar-refractivity contribution in [3.05, 3.63) is 76.7 Å². The van der Waals surface area contributed by atoms with Gasteiger partial charge in [-0.25, -0.2) is 4.98 Å². The van der Waals surface area contributed by atoms with Gasteiger partial charge >= 0.3 is 6.18 Å². The zero-order valence-corrected chi connectivity index (χ0v) is 15.0. The van der Waals surface area contributed by atoms with Gasteiger partial charge in [-0.15, -0.1) is 11.3 Å². The molecule has 0 aliphatic heterocycles. The van der Waals surface area contributed by atoms with Crippen LogP contribution in [0.1, 0.15) is 11.1 Å². The van der Waals surface area contributed by atoms with Gasteiger partial charge in [-0.2, -0.15) is 18.4 Å². The fraction of sp³-hybridized carbons (Fsp3) is 0.0500. The molecule has 1 heterocycles. The molecule has 0 atom stereocenters. The lowest BCUT2D eigenvalue weighted by atomic mass is 10.0. The summed E-state index contributed by atoms with van der Waals surface area (Å²) in [5.41, 5.74) is -0.129. The number of halogens is 3. The first-order valence-corrected chi connectivity index (χ1v) is 8.87. The highest BCUT2D eigenvalue weighted by molar-refractivity contribution is 7.14. The number of benzene rings is 2. The molecule has 1 amide bonds. The van der Waals surface area contributed by atoms with E-state index in [1.165, 1.54) is 18.2 Å². The van der Waals surface area contributed by atoms with Gasteiger partial charge < -0.3 is 0 Å². The molecule has 0 spiro atoms. The molecule has 0 bridgehead atoms. The van der Waals surface area contributed by atoms with Gasteiger partial charge in [-0.05, 0) is 17.7 Å². The number of nitriles is 1. The summed E-state index contributed by atoms with van der Waals surface area (Å²) in [6.45, 7) is 0. The Balaban J connectivity index is 1.83. The second kappa shape index (κ2) is 8.06. The van der Waals surface area contributed by atoms with Crippen molar-refractivity contribution in [2.45, 2.75) is 6.18 Å². The average Bonchev–Trinajstić information content (AvgIpc) is 3.14. The molecule has 2 aromatic carbocycles. The Morgan fingerprint density at radius 3 is 2.46 bits per heavy atom. The van der Waals surface area contributed by atoms with E-state index >= 15 is 0 Å². The Labute approximate surface area is 162 Å². The molecular formula is C20H12F3N3OS. The molecule has 1 aromatic heterocycles. The molecule has 0 fully saturated rings. The van der Waals surface area contributed by atoms with Gasteiger partial charge in [-0.1, -0.05) is 48.5 Å². The SMILES string of the molecule is N#CC(=Cc1ccccc1C(F)(F)F)C(=O)Nc1nc(-c2ccccc2)cs1. The molecule has 0 saturated carbocycles. The maximum Gasteiger partial charge on any atom is 0.416 e. The number of aromatic nitrogens is 1. The Kier molecular flexibility index (Phi) is 5.57. The van der Waals surface area contributed by atoms with Crippen LogP contribution >= 0.6 is 11.3 Å². The number of amides is 1. The number of anilines is 1. The molecule has 4 nitrogen and oxygen atoms in total. The fourth-order valence-corrected chi connectivity index (χ4v) is 3.14. The van der Waals surface area contributed by atoms with Crippen LogP contribution in [0.2, 0.25) is 0 Å². The third-order valence-electron chi connectivity index (χ3n) is 3.73. The molecule has 1 N–H and O–H groups in total. The topological polar surface area (TPSA) is 65.8 Å². The van der Waals surface area contributed by atoms with Crippen LogP contribution in [0.3, 0.4) is 0 Å². The van der Waals surface area contributed by atoms with Crippen molar-refractivity contribution in [2.75, 3.05) is 5.32 Å². The van der Waals surface area contributed by atoms with Gasteiger partial charge in [0.25, 0.3) is 5.91 Å². The number of rotatable bonds is 4. The van der Waals surface area contributed by atoms with Crippen molar-refractivity contribution in [1.29, 1.82) is 5.26 Å². The molecule has 0 aliphatic rings. The number of alkyl halides is 3. The van der Waals surface area contributed by atoms with Gasteiger partial charge in [0, 0.05) is 10.9 Å². The van der Waals surface area contributed by atoms with E-state index < -0.39 is 23.2 Å². The first-order chi connectivity index (χ1) is 13.4.